The summed E-state index contributed by atoms with van der Waals surface area (Å²) in [6, 6.07) is 9.28. The lowest BCUT2D eigenvalue weighted by molar-refractivity contribution is 0.299. The molecule has 2 nitrogen and oxygen atoms in total. The molecule has 0 aliphatic carbocycles. The Morgan fingerprint density at radius 2 is 1.58 bits per heavy atom. The Labute approximate surface area is 118 Å². The van der Waals surface area contributed by atoms with Crippen LogP contribution in [0.1, 0.15) is 52.7 Å². The van der Waals surface area contributed by atoms with E-state index >= 15 is 0 Å². The molecule has 3 N–H and O–H groups in total. The first-order valence-corrected chi connectivity index (χ1v) is 7.31. The molecule has 1 aromatic rings. The van der Waals surface area contributed by atoms with Crippen molar-refractivity contribution in [3.63, 3.8) is 0 Å². The minimum atomic E-state index is 0.218. The van der Waals surface area contributed by atoms with Gasteiger partial charge in [0.05, 0.1) is 0 Å². The zero-order valence-corrected chi connectivity index (χ0v) is 13.3. The van der Waals surface area contributed by atoms with E-state index in [4.69, 9.17) is 5.84 Å². The number of hydrazine groups is 1. The van der Waals surface area contributed by atoms with Crippen LogP contribution in [0.3, 0.4) is 0 Å². The van der Waals surface area contributed by atoms with Crippen LogP contribution < -0.4 is 11.3 Å². The highest BCUT2D eigenvalue weighted by molar-refractivity contribution is 5.28. The Hall–Kier alpha value is -0.860. The maximum Gasteiger partial charge on any atom is 0.0278 e. The lowest BCUT2D eigenvalue weighted by Gasteiger charge is -2.27. The summed E-state index contributed by atoms with van der Waals surface area (Å²) < 4.78 is 0. The van der Waals surface area contributed by atoms with Crippen LogP contribution in [-0.2, 0) is 11.8 Å². The average molecular weight is 262 g/mol. The smallest absolute Gasteiger partial charge is 0.0278 e. The van der Waals surface area contributed by atoms with E-state index in [1.165, 1.54) is 11.1 Å². The molecule has 1 aromatic carbocycles. The normalized spacial score (nSPS) is 15.6. The minimum Gasteiger partial charge on any atom is -0.271 e. The summed E-state index contributed by atoms with van der Waals surface area (Å²) in [4.78, 5) is 0. The summed E-state index contributed by atoms with van der Waals surface area (Å²) in [5.74, 6) is 6.90. The Bertz CT molecular complexity index is 373. The largest absolute Gasteiger partial charge is 0.271 e. The average Bonchev–Trinajstić information content (AvgIpc) is 2.34. The van der Waals surface area contributed by atoms with Crippen LogP contribution in [0.2, 0.25) is 0 Å². The second-order valence-corrected chi connectivity index (χ2v) is 7.03. The zero-order chi connectivity index (χ0) is 14.6. The first kappa shape index (κ1) is 16.2. The SMILES string of the molecule is CC(C)C(C)C(Cc1ccc(C(C)(C)C)cc1)NN. The van der Waals surface area contributed by atoms with Gasteiger partial charge in [-0.05, 0) is 34.8 Å². The van der Waals surface area contributed by atoms with Crippen molar-refractivity contribution in [2.45, 2.75) is 59.4 Å². The van der Waals surface area contributed by atoms with Crippen molar-refractivity contribution in [2.75, 3.05) is 0 Å². The van der Waals surface area contributed by atoms with Gasteiger partial charge in [0.25, 0.3) is 0 Å². The van der Waals surface area contributed by atoms with Gasteiger partial charge >= 0.3 is 0 Å². The lowest BCUT2D eigenvalue weighted by Crippen LogP contribution is -2.43. The first-order valence-electron chi connectivity index (χ1n) is 7.31. The number of nitrogens with two attached hydrogens (primary N) is 1. The van der Waals surface area contributed by atoms with E-state index in [0.29, 0.717) is 17.9 Å². The molecule has 0 spiro atoms. The molecule has 1 rings (SSSR count). The van der Waals surface area contributed by atoms with E-state index in [0.717, 1.165) is 6.42 Å². The van der Waals surface area contributed by atoms with Gasteiger partial charge in [0.2, 0.25) is 0 Å². The second-order valence-electron chi connectivity index (χ2n) is 7.03. The molecule has 2 atom stereocenters. The maximum atomic E-state index is 5.71. The first-order chi connectivity index (χ1) is 8.75. The van der Waals surface area contributed by atoms with E-state index in [1.807, 2.05) is 0 Å². The van der Waals surface area contributed by atoms with E-state index in [9.17, 15) is 0 Å². The molecule has 2 unspecified atom stereocenters. The van der Waals surface area contributed by atoms with E-state index in [2.05, 4.69) is 71.2 Å². The minimum absolute atomic E-state index is 0.218. The van der Waals surface area contributed by atoms with Gasteiger partial charge in [-0.1, -0.05) is 65.8 Å². The fourth-order valence-electron chi connectivity index (χ4n) is 2.26. The molecule has 0 saturated heterocycles. The molecular formula is C17H30N2. The summed E-state index contributed by atoms with van der Waals surface area (Å²) >= 11 is 0. The quantitative estimate of drug-likeness (QED) is 0.628. The zero-order valence-electron chi connectivity index (χ0n) is 13.3. The molecule has 0 aromatic heterocycles. The van der Waals surface area contributed by atoms with Gasteiger partial charge in [0.15, 0.2) is 0 Å². The predicted octanol–water partition coefficient (Wildman–Crippen LogP) is 3.65. The highest BCUT2D eigenvalue weighted by Crippen LogP contribution is 2.23. The number of hydrogen-bond acceptors (Lipinski definition) is 2. The Kier molecular flexibility index (Phi) is 5.57. The van der Waals surface area contributed by atoms with Crippen molar-refractivity contribution >= 4 is 0 Å². The molecule has 0 radical (unpaired) electrons. The number of hydrogen-bond donors (Lipinski definition) is 2. The fraction of sp³-hybridized carbons (Fsp3) is 0.647. The van der Waals surface area contributed by atoms with Gasteiger partial charge in [0.1, 0.15) is 0 Å². The number of nitrogens with one attached hydrogen (secondary N) is 1. The van der Waals surface area contributed by atoms with E-state index in [-0.39, 0.29) is 5.41 Å². The van der Waals surface area contributed by atoms with Crippen LogP contribution in [0, 0.1) is 11.8 Å². The summed E-state index contributed by atoms with van der Waals surface area (Å²) in [6.07, 6.45) is 0.986. The van der Waals surface area contributed by atoms with Gasteiger partial charge < -0.3 is 0 Å². The topological polar surface area (TPSA) is 38.0 Å². The molecule has 0 amide bonds. The lowest BCUT2D eigenvalue weighted by atomic mass is 9.84. The second kappa shape index (κ2) is 6.53. The molecule has 0 aliphatic rings. The van der Waals surface area contributed by atoms with Crippen molar-refractivity contribution in [1.82, 2.24) is 5.43 Å². The van der Waals surface area contributed by atoms with Crippen LogP contribution in [0.15, 0.2) is 24.3 Å². The highest BCUT2D eigenvalue weighted by Gasteiger charge is 2.20. The van der Waals surface area contributed by atoms with Gasteiger partial charge in [-0.2, -0.15) is 0 Å². The van der Waals surface area contributed by atoms with Crippen LogP contribution in [0.25, 0.3) is 0 Å². The maximum absolute atomic E-state index is 5.71. The number of benzene rings is 1. The Morgan fingerprint density at radius 3 is 1.95 bits per heavy atom. The third-order valence-electron chi connectivity index (χ3n) is 4.18. The molecule has 19 heavy (non-hydrogen) atoms. The van der Waals surface area contributed by atoms with Gasteiger partial charge in [0, 0.05) is 6.04 Å². The van der Waals surface area contributed by atoms with Crippen molar-refractivity contribution in [1.29, 1.82) is 0 Å². The molecule has 0 heterocycles. The van der Waals surface area contributed by atoms with E-state index in [1.54, 1.807) is 0 Å². The molecule has 0 saturated carbocycles. The summed E-state index contributed by atoms with van der Waals surface area (Å²) in [6.45, 7) is 13.5. The molecule has 2 heteroatoms. The van der Waals surface area contributed by atoms with Gasteiger partial charge in [-0.3, -0.25) is 11.3 Å². The van der Waals surface area contributed by atoms with Crippen molar-refractivity contribution in [3.05, 3.63) is 35.4 Å². The van der Waals surface area contributed by atoms with Crippen molar-refractivity contribution < 1.29 is 0 Å². The third kappa shape index (κ3) is 4.63. The van der Waals surface area contributed by atoms with Gasteiger partial charge in [-0.15, -0.1) is 0 Å². The van der Waals surface area contributed by atoms with Crippen LogP contribution in [0.4, 0.5) is 0 Å². The predicted molar refractivity (Wildman–Crippen MR) is 84.0 cm³/mol. The Balaban J connectivity index is 2.76. The highest BCUT2D eigenvalue weighted by atomic mass is 15.2. The molecule has 108 valence electrons. The third-order valence-corrected chi connectivity index (χ3v) is 4.18. The summed E-state index contributed by atoms with van der Waals surface area (Å²) in [5, 5.41) is 0. The van der Waals surface area contributed by atoms with Crippen LogP contribution in [0.5, 0.6) is 0 Å². The summed E-state index contributed by atoms with van der Waals surface area (Å²) in [7, 11) is 0. The van der Waals surface area contributed by atoms with Crippen LogP contribution in [-0.4, -0.2) is 6.04 Å². The molecule has 0 bridgehead atoms. The van der Waals surface area contributed by atoms with Crippen molar-refractivity contribution in [2.24, 2.45) is 17.7 Å². The number of rotatable bonds is 5. The van der Waals surface area contributed by atoms with Gasteiger partial charge in [-0.25, -0.2) is 0 Å². The monoisotopic (exact) mass is 262 g/mol. The van der Waals surface area contributed by atoms with Crippen LogP contribution >= 0.6 is 0 Å². The summed E-state index contributed by atoms with van der Waals surface area (Å²) in [5.41, 5.74) is 5.92. The molecule has 0 fully saturated rings. The van der Waals surface area contributed by atoms with Crippen molar-refractivity contribution in [3.8, 4) is 0 Å². The molecule has 0 aliphatic heterocycles. The fourth-order valence-corrected chi connectivity index (χ4v) is 2.26. The van der Waals surface area contributed by atoms with E-state index < -0.39 is 0 Å². The molecular weight excluding hydrogens is 232 g/mol. The Morgan fingerprint density at radius 1 is 1.05 bits per heavy atom. The standard InChI is InChI=1S/C17H30N2/c1-12(2)13(3)16(19-18)11-14-7-9-15(10-8-14)17(4,5)6/h7-10,12-13,16,19H,11,18H2,1-6H3.